The van der Waals surface area contributed by atoms with Crippen LogP contribution >= 0.6 is 0 Å². The summed E-state index contributed by atoms with van der Waals surface area (Å²) in [6, 6.07) is 0. The third-order valence-electron chi connectivity index (χ3n) is 2.96. The van der Waals surface area contributed by atoms with Crippen molar-refractivity contribution in [3.05, 3.63) is 17.8 Å². The van der Waals surface area contributed by atoms with Gasteiger partial charge in [0.2, 0.25) is 5.89 Å². The highest BCUT2D eigenvalue weighted by Crippen LogP contribution is 2.34. The average Bonchev–Trinajstić information content (AvgIpc) is 2.64. The van der Waals surface area contributed by atoms with E-state index in [2.05, 4.69) is 4.98 Å². The Morgan fingerprint density at radius 1 is 1.59 bits per heavy atom. The molecule has 1 aromatic rings. The van der Waals surface area contributed by atoms with Crippen molar-refractivity contribution in [2.24, 2.45) is 0 Å². The highest BCUT2D eigenvalue weighted by Gasteiger charge is 2.40. The number of nitrogens with zero attached hydrogens (tertiary/aromatic N) is 1. The zero-order valence-corrected chi connectivity index (χ0v) is 10.2. The second kappa shape index (κ2) is 3.83. The Kier molecular flexibility index (Phi) is 2.73. The Morgan fingerprint density at radius 3 is 2.82 bits per heavy atom. The van der Waals surface area contributed by atoms with Crippen molar-refractivity contribution in [1.82, 2.24) is 4.98 Å². The van der Waals surface area contributed by atoms with E-state index in [1.54, 1.807) is 6.92 Å². The van der Waals surface area contributed by atoms with Gasteiger partial charge in [-0.2, -0.15) is 0 Å². The molecule has 0 spiro atoms. The summed E-state index contributed by atoms with van der Waals surface area (Å²) in [6.07, 6.45) is 2.22. The van der Waals surface area contributed by atoms with Gasteiger partial charge in [0, 0.05) is 0 Å². The molecular formula is C10H13NO5S. The first kappa shape index (κ1) is 12.1. The number of aromatic nitrogens is 1. The topological polar surface area (TPSA) is 97.5 Å². The van der Waals surface area contributed by atoms with Gasteiger partial charge in [0.25, 0.3) is 0 Å². The summed E-state index contributed by atoms with van der Waals surface area (Å²) in [5, 5.41) is 8.74. The van der Waals surface area contributed by atoms with Gasteiger partial charge in [0.05, 0.1) is 16.9 Å². The zero-order chi connectivity index (χ0) is 12.7. The molecule has 17 heavy (non-hydrogen) atoms. The summed E-state index contributed by atoms with van der Waals surface area (Å²) in [5.41, 5.74) is -0.908. The molecule has 0 aliphatic carbocycles. The van der Waals surface area contributed by atoms with E-state index >= 15 is 0 Å². The molecule has 7 heteroatoms. The summed E-state index contributed by atoms with van der Waals surface area (Å²) in [4.78, 5) is 14.5. The molecule has 0 aromatic carbocycles. The summed E-state index contributed by atoms with van der Waals surface area (Å²) >= 11 is 0. The zero-order valence-electron chi connectivity index (χ0n) is 9.34. The molecule has 2 rings (SSSR count). The first-order chi connectivity index (χ1) is 7.82. The summed E-state index contributed by atoms with van der Waals surface area (Å²) in [6.45, 7) is 1.74. The lowest BCUT2D eigenvalue weighted by Gasteiger charge is -2.29. The van der Waals surface area contributed by atoms with E-state index in [-0.39, 0.29) is 23.1 Å². The van der Waals surface area contributed by atoms with Gasteiger partial charge in [-0.15, -0.1) is 0 Å². The molecular weight excluding hydrogens is 246 g/mol. The Balaban J connectivity index is 2.34. The molecule has 2 heterocycles. The van der Waals surface area contributed by atoms with E-state index in [0.29, 0.717) is 12.8 Å². The fourth-order valence-electron chi connectivity index (χ4n) is 2.13. The number of carbonyl (C=O) groups is 1. The van der Waals surface area contributed by atoms with Gasteiger partial charge in [0.15, 0.2) is 15.5 Å². The minimum absolute atomic E-state index is 0.0421. The van der Waals surface area contributed by atoms with Crippen LogP contribution in [0.5, 0.6) is 0 Å². The highest BCUT2D eigenvalue weighted by molar-refractivity contribution is 7.91. The van der Waals surface area contributed by atoms with Crippen LogP contribution in [-0.2, 0) is 15.3 Å². The maximum Gasteiger partial charge on any atom is 0.357 e. The number of rotatable bonds is 2. The van der Waals surface area contributed by atoms with Crippen LogP contribution in [0, 0.1) is 0 Å². The van der Waals surface area contributed by atoms with E-state index in [1.165, 1.54) is 0 Å². The van der Waals surface area contributed by atoms with Crippen molar-refractivity contribution in [2.45, 2.75) is 25.2 Å². The normalized spacial score (nSPS) is 27.8. The third kappa shape index (κ3) is 2.33. The molecule has 0 saturated carbocycles. The number of aromatic carboxylic acids is 1. The Morgan fingerprint density at radius 2 is 2.29 bits per heavy atom. The van der Waals surface area contributed by atoms with Crippen molar-refractivity contribution in [1.29, 1.82) is 0 Å². The van der Waals surface area contributed by atoms with Crippen molar-refractivity contribution in [3.8, 4) is 0 Å². The number of hydrogen-bond acceptors (Lipinski definition) is 5. The number of sulfone groups is 1. The molecule has 0 radical (unpaired) electrons. The van der Waals surface area contributed by atoms with E-state index in [1.807, 2.05) is 0 Å². The first-order valence-corrected chi connectivity index (χ1v) is 7.04. The molecule has 1 saturated heterocycles. The SMILES string of the molecule is CC1(c2nc(C(=O)O)co2)CCCS(=O)(=O)C1. The molecule has 1 atom stereocenters. The molecule has 0 amide bonds. The van der Waals surface area contributed by atoms with Crippen LogP contribution in [0.25, 0.3) is 0 Å². The Hall–Kier alpha value is -1.37. The molecule has 1 N–H and O–H groups in total. The maximum absolute atomic E-state index is 11.6. The highest BCUT2D eigenvalue weighted by atomic mass is 32.2. The third-order valence-corrected chi connectivity index (χ3v) is 4.95. The lowest BCUT2D eigenvalue weighted by molar-refractivity contribution is 0.0690. The minimum Gasteiger partial charge on any atom is -0.476 e. The van der Waals surface area contributed by atoms with Gasteiger partial charge >= 0.3 is 5.97 Å². The van der Waals surface area contributed by atoms with Crippen molar-refractivity contribution >= 4 is 15.8 Å². The van der Waals surface area contributed by atoms with Gasteiger partial charge in [0.1, 0.15) is 6.26 Å². The molecule has 0 bridgehead atoms. The quantitative estimate of drug-likeness (QED) is 0.845. The van der Waals surface area contributed by atoms with Crippen LogP contribution in [-0.4, -0.2) is 36.0 Å². The van der Waals surface area contributed by atoms with Crippen LogP contribution in [0.2, 0.25) is 0 Å². The number of oxazole rings is 1. The molecule has 6 nitrogen and oxygen atoms in total. The Labute approximate surface area is 98.6 Å². The van der Waals surface area contributed by atoms with Gasteiger partial charge in [-0.1, -0.05) is 0 Å². The lowest BCUT2D eigenvalue weighted by Crippen LogP contribution is -2.37. The van der Waals surface area contributed by atoms with E-state index in [4.69, 9.17) is 9.52 Å². The van der Waals surface area contributed by atoms with Crippen molar-refractivity contribution < 1.29 is 22.7 Å². The van der Waals surface area contributed by atoms with Crippen LogP contribution in [0.15, 0.2) is 10.7 Å². The standard InChI is InChI=1S/C10H13NO5S/c1-10(3-2-4-17(14,15)6-10)9-11-7(5-16-9)8(12)13/h5H,2-4,6H2,1H3,(H,12,13). The Bertz CT molecular complexity index is 547. The first-order valence-electron chi connectivity index (χ1n) is 5.22. The molecule has 1 unspecified atom stereocenters. The predicted molar refractivity (Wildman–Crippen MR) is 58.7 cm³/mol. The average molecular weight is 259 g/mol. The minimum atomic E-state index is -3.10. The number of hydrogen-bond donors (Lipinski definition) is 1. The van der Waals surface area contributed by atoms with Gasteiger partial charge in [-0.3, -0.25) is 0 Å². The van der Waals surface area contributed by atoms with E-state index in [0.717, 1.165) is 6.26 Å². The second-order valence-corrected chi connectivity index (χ2v) is 6.78. The number of carboxylic acid groups (broad SMARTS) is 1. The molecule has 1 fully saturated rings. The van der Waals surface area contributed by atoms with E-state index < -0.39 is 21.2 Å². The summed E-state index contributed by atoms with van der Waals surface area (Å²) < 4.78 is 28.3. The van der Waals surface area contributed by atoms with Crippen LogP contribution < -0.4 is 0 Å². The molecule has 94 valence electrons. The van der Waals surface area contributed by atoms with Gasteiger partial charge in [-0.05, 0) is 19.8 Å². The van der Waals surface area contributed by atoms with Gasteiger partial charge < -0.3 is 9.52 Å². The fourth-order valence-corrected chi connectivity index (χ4v) is 4.10. The molecule has 1 aliphatic rings. The predicted octanol–water partition coefficient (Wildman–Crippen LogP) is 0.839. The lowest BCUT2D eigenvalue weighted by atomic mass is 9.87. The smallest absolute Gasteiger partial charge is 0.357 e. The van der Waals surface area contributed by atoms with Crippen LogP contribution in [0.4, 0.5) is 0 Å². The maximum atomic E-state index is 11.6. The van der Waals surface area contributed by atoms with Crippen LogP contribution in [0.3, 0.4) is 0 Å². The largest absolute Gasteiger partial charge is 0.476 e. The van der Waals surface area contributed by atoms with Crippen LogP contribution in [0.1, 0.15) is 36.1 Å². The molecule has 1 aromatic heterocycles. The second-order valence-electron chi connectivity index (χ2n) is 4.60. The fraction of sp³-hybridized carbons (Fsp3) is 0.600. The monoisotopic (exact) mass is 259 g/mol. The van der Waals surface area contributed by atoms with Crippen molar-refractivity contribution in [2.75, 3.05) is 11.5 Å². The van der Waals surface area contributed by atoms with E-state index in [9.17, 15) is 13.2 Å². The van der Waals surface area contributed by atoms with Crippen molar-refractivity contribution in [3.63, 3.8) is 0 Å². The number of carboxylic acids is 1. The van der Waals surface area contributed by atoms with Gasteiger partial charge in [-0.25, -0.2) is 18.2 Å². The summed E-state index contributed by atoms with van der Waals surface area (Å²) in [5.74, 6) is -0.852. The summed E-state index contributed by atoms with van der Waals surface area (Å²) in [7, 11) is -3.10. The molecule has 1 aliphatic heterocycles.